The quantitative estimate of drug-likeness (QED) is 0.621. The Balaban J connectivity index is 1.32. The molecule has 0 aromatic heterocycles. The minimum atomic E-state index is 0.692. The minimum absolute atomic E-state index is 0.692. The van der Waals surface area contributed by atoms with Gasteiger partial charge in [0, 0.05) is 29.8 Å². The fraction of sp³-hybridized carbons (Fsp3) is 0.231. The summed E-state index contributed by atoms with van der Waals surface area (Å²) in [6.45, 7) is 9.81. The lowest BCUT2D eigenvalue weighted by molar-refractivity contribution is 0.308. The van der Waals surface area contributed by atoms with Crippen LogP contribution in [-0.2, 0) is 19.3 Å². The number of fused-ring (bicyclic) bond motifs is 2. The Hall–Kier alpha value is -3.00. The van der Waals surface area contributed by atoms with Gasteiger partial charge >= 0.3 is 0 Å². The molecule has 2 aromatic rings. The van der Waals surface area contributed by atoms with Crippen LogP contribution >= 0.6 is 0 Å². The molecule has 2 heteroatoms. The van der Waals surface area contributed by atoms with E-state index < -0.39 is 0 Å². The van der Waals surface area contributed by atoms with E-state index in [0.29, 0.717) is 6.61 Å². The Kier molecular flexibility index (Phi) is 5.48. The molecule has 28 heavy (non-hydrogen) atoms. The molecule has 1 N–H and O–H groups in total. The number of hydrogen-bond donors (Lipinski definition) is 1. The molecule has 0 spiro atoms. The Labute approximate surface area is 167 Å². The number of ether oxygens (including phenoxy) is 1. The van der Waals surface area contributed by atoms with Crippen molar-refractivity contribution in [1.82, 2.24) is 5.32 Å². The van der Waals surface area contributed by atoms with Gasteiger partial charge in [-0.05, 0) is 36.0 Å². The average molecular weight is 370 g/mol. The summed E-state index contributed by atoms with van der Waals surface area (Å²) in [5, 5.41) is 3.42. The van der Waals surface area contributed by atoms with Gasteiger partial charge in [-0.1, -0.05) is 79.4 Å². The predicted molar refractivity (Wildman–Crippen MR) is 118 cm³/mol. The minimum Gasteiger partial charge on any atom is -0.492 e. The molecule has 0 heterocycles. The lowest BCUT2D eigenvalue weighted by Gasteiger charge is -2.20. The second-order valence-corrected chi connectivity index (χ2v) is 7.52. The molecule has 0 amide bonds. The molecule has 0 unspecified atom stereocenters. The molecule has 0 bridgehead atoms. The maximum atomic E-state index is 6.28. The normalized spacial score (nSPS) is 13.9. The van der Waals surface area contributed by atoms with Crippen LogP contribution in [0.1, 0.15) is 34.2 Å². The van der Waals surface area contributed by atoms with E-state index in [0.717, 1.165) is 49.2 Å². The van der Waals surface area contributed by atoms with Crippen LogP contribution in [0.3, 0.4) is 0 Å². The van der Waals surface area contributed by atoms with Crippen molar-refractivity contribution in [3.8, 4) is 5.75 Å². The van der Waals surface area contributed by atoms with E-state index in [1.54, 1.807) is 0 Å². The van der Waals surface area contributed by atoms with Gasteiger partial charge in [0.1, 0.15) is 5.75 Å². The highest BCUT2D eigenvalue weighted by molar-refractivity contribution is 5.77. The second-order valence-electron chi connectivity index (χ2n) is 7.52. The summed E-state index contributed by atoms with van der Waals surface area (Å²) in [4.78, 5) is 0. The van der Waals surface area contributed by atoms with E-state index in [2.05, 4.69) is 73.1 Å². The largest absolute Gasteiger partial charge is 0.492 e. The van der Waals surface area contributed by atoms with Crippen molar-refractivity contribution in [2.75, 3.05) is 13.2 Å². The molecule has 0 aliphatic heterocycles. The number of rotatable bonds is 8. The molecular weight excluding hydrogens is 342 g/mol. The van der Waals surface area contributed by atoms with Crippen molar-refractivity contribution in [2.24, 2.45) is 0 Å². The standard InChI is InChI=1S/C26H27NO/c1-19-12-13-25-23(16-19)18-22-10-6-11-24(22)26(25)28-15-7-14-27-20(2)17-21-8-4-3-5-9-21/h3-6,8-9,11-13,18,27H,1-2,7,10,14-17H2. The van der Waals surface area contributed by atoms with E-state index >= 15 is 0 Å². The maximum absolute atomic E-state index is 6.28. The molecule has 2 nitrogen and oxygen atoms in total. The molecule has 2 aliphatic carbocycles. The molecular formula is C26H27NO. The van der Waals surface area contributed by atoms with Gasteiger partial charge in [0.15, 0.2) is 0 Å². The zero-order valence-electron chi connectivity index (χ0n) is 16.3. The third kappa shape index (κ3) is 4.12. The number of nitrogens with one attached hydrogen (secondary N) is 1. The van der Waals surface area contributed by atoms with E-state index in [9.17, 15) is 0 Å². The lowest BCUT2D eigenvalue weighted by Crippen LogP contribution is -2.18. The number of benzene rings is 2. The van der Waals surface area contributed by atoms with Gasteiger partial charge in [-0.15, -0.1) is 0 Å². The highest BCUT2D eigenvalue weighted by Gasteiger charge is 2.20. The van der Waals surface area contributed by atoms with Gasteiger partial charge in [-0.2, -0.15) is 0 Å². The van der Waals surface area contributed by atoms with E-state index in [1.165, 1.54) is 27.8 Å². The average Bonchev–Trinajstić information content (AvgIpc) is 3.15. The van der Waals surface area contributed by atoms with Crippen molar-refractivity contribution < 1.29 is 4.74 Å². The molecule has 0 saturated heterocycles. The van der Waals surface area contributed by atoms with Gasteiger partial charge < -0.3 is 10.1 Å². The molecule has 2 aliphatic rings. The second kappa shape index (κ2) is 8.35. The lowest BCUT2D eigenvalue weighted by atomic mass is 9.90. The molecule has 0 atom stereocenters. The third-order valence-corrected chi connectivity index (χ3v) is 5.26. The van der Waals surface area contributed by atoms with Crippen LogP contribution in [0.2, 0.25) is 0 Å². The van der Waals surface area contributed by atoms with Gasteiger partial charge in [0.25, 0.3) is 0 Å². The molecule has 142 valence electrons. The van der Waals surface area contributed by atoms with Crippen LogP contribution in [0.25, 0.3) is 12.2 Å². The van der Waals surface area contributed by atoms with E-state index in [1.807, 2.05) is 6.07 Å². The summed E-state index contributed by atoms with van der Waals surface area (Å²) in [7, 11) is 0. The Morgan fingerprint density at radius 1 is 1.04 bits per heavy atom. The van der Waals surface area contributed by atoms with Crippen molar-refractivity contribution in [2.45, 2.75) is 25.7 Å². The van der Waals surface area contributed by atoms with Crippen LogP contribution in [0, 0.1) is 0 Å². The summed E-state index contributed by atoms with van der Waals surface area (Å²) < 4.78 is 6.28. The van der Waals surface area contributed by atoms with Gasteiger partial charge in [0.2, 0.25) is 0 Å². The van der Waals surface area contributed by atoms with Gasteiger partial charge in [-0.25, -0.2) is 0 Å². The first-order valence-corrected chi connectivity index (χ1v) is 10.0. The topological polar surface area (TPSA) is 21.3 Å². The first kappa shape index (κ1) is 18.4. The van der Waals surface area contributed by atoms with Crippen LogP contribution in [0.15, 0.2) is 73.0 Å². The Bertz CT molecular complexity index is 950. The van der Waals surface area contributed by atoms with Gasteiger partial charge in [-0.3, -0.25) is 0 Å². The van der Waals surface area contributed by atoms with Crippen LogP contribution in [0.5, 0.6) is 5.75 Å². The Morgan fingerprint density at radius 2 is 1.86 bits per heavy atom. The van der Waals surface area contributed by atoms with Crippen molar-refractivity contribution >= 4 is 12.2 Å². The highest BCUT2D eigenvalue weighted by atomic mass is 16.5. The summed E-state index contributed by atoms with van der Waals surface area (Å²) in [6.07, 6.45) is 12.4. The Morgan fingerprint density at radius 3 is 2.71 bits per heavy atom. The van der Waals surface area contributed by atoms with Crippen molar-refractivity contribution in [1.29, 1.82) is 0 Å². The first-order valence-electron chi connectivity index (χ1n) is 10.0. The molecule has 0 fully saturated rings. The molecule has 4 rings (SSSR count). The molecule has 2 aromatic carbocycles. The van der Waals surface area contributed by atoms with Crippen molar-refractivity contribution in [3.63, 3.8) is 0 Å². The molecule has 0 radical (unpaired) electrons. The smallest absolute Gasteiger partial charge is 0.134 e. The van der Waals surface area contributed by atoms with Crippen LogP contribution < -0.4 is 10.1 Å². The fourth-order valence-electron chi connectivity index (χ4n) is 3.86. The monoisotopic (exact) mass is 369 g/mol. The summed E-state index contributed by atoms with van der Waals surface area (Å²) in [5.41, 5.74) is 8.66. The number of hydrogen-bond acceptors (Lipinski definition) is 2. The zero-order chi connectivity index (χ0) is 19.3. The SMILES string of the molecule is C=C1C=Cc2c(cc3c(c2OCCCNC(=C)Cc2ccccc2)C=CC3)C1. The predicted octanol–water partition coefficient (Wildman–Crippen LogP) is 5.50. The summed E-state index contributed by atoms with van der Waals surface area (Å²) in [5.74, 6) is 1.04. The van der Waals surface area contributed by atoms with E-state index in [4.69, 9.17) is 4.74 Å². The summed E-state index contributed by atoms with van der Waals surface area (Å²) >= 11 is 0. The van der Waals surface area contributed by atoms with E-state index in [-0.39, 0.29) is 0 Å². The van der Waals surface area contributed by atoms with Crippen molar-refractivity contribution in [3.05, 3.63) is 101 Å². The highest BCUT2D eigenvalue weighted by Crippen LogP contribution is 2.39. The van der Waals surface area contributed by atoms with Crippen LogP contribution in [0.4, 0.5) is 0 Å². The summed E-state index contributed by atoms with van der Waals surface area (Å²) in [6, 6.07) is 12.7. The van der Waals surface area contributed by atoms with Crippen LogP contribution in [-0.4, -0.2) is 13.2 Å². The first-order chi connectivity index (χ1) is 13.7. The third-order valence-electron chi connectivity index (χ3n) is 5.26. The van der Waals surface area contributed by atoms with Gasteiger partial charge in [0.05, 0.1) is 6.61 Å². The molecule has 0 saturated carbocycles. The maximum Gasteiger partial charge on any atom is 0.134 e. The zero-order valence-corrected chi connectivity index (χ0v) is 16.3. The fourth-order valence-corrected chi connectivity index (χ4v) is 3.86. The number of allylic oxidation sites excluding steroid dienone is 4.